The van der Waals surface area contributed by atoms with Crippen molar-refractivity contribution in [3.05, 3.63) is 46.9 Å². The van der Waals surface area contributed by atoms with Crippen molar-refractivity contribution in [3.8, 4) is 0 Å². The Morgan fingerprint density at radius 3 is 3.05 bits per heavy atom. The molecule has 4 rings (SSSR count). The van der Waals surface area contributed by atoms with Gasteiger partial charge in [-0.1, -0.05) is 0 Å². The van der Waals surface area contributed by atoms with E-state index < -0.39 is 0 Å². The summed E-state index contributed by atoms with van der Waals surface area (Å²) in [5.41, 5.74) is 4.07. The zero-order chi connectivity index (χ0) is 14.1. The second kappa shape index (κ2) is 5.41. The van der Waals surface area contributed by atoms with E-state index in [1.165, 1.54) is 30.4 Å². The van der Waals surface area contributed by atoms with Crippen molar-refractivity contribution in [3.63, 3.8) is 0 Å². The summed E-state index contributed by atoms with van der Waals surface area (Å²) in [6.45, 7) is 0.727. The van der Waals surface area contributed by atoms with Crippen LogP contribution in [0.4, 0.5) is 5.82 Å². The van der Waals surface area contributed by atoms with Crippen molar-refractivity contribution >= 4 is 27.4 Å². The molecular weight excluding hydrogens is 280 g/mol. The summed E-state index contributed by atoms with van der Waals surface area (Å²) in [5, 5.41) is 6.57. The fraction of sp³-hybridized carbons (Fsp3) is 0.312. The summed E-state index contributed by atoms with van der Waals surface area (Å²) in [6, 6.07) is 4.23. The summed E-state index contributed by atoms with van der Waals surface area (Å²) in [5.74, 6) is 0.900. The molecule has 3 heterocycles. The summed E-state index contributed by atoms with van der Waals surface area (Å²) in [6.07, 6.45) is 8.46. The van der Waals surface area contributed by atoms with Gasteiger partial charge in [-0.2, -0.15) is 0 Å². The molecule has 0 unspecified atom stereocenters. The first-order valence-electron chi connectivity index (χ1n) is 7.29. The Morgan fingerprint density at radius 1 is 1.10 bits per heavy atom. The number of nitrogens with one attached hydrogen (secondary N) is 1. The van der Waals surface area contributed by atoms with E-state index in [1.807, 2.05) is 11.6 Å². The first kappa shape index (κ1) is 12.7. The molecule has 21 heavy (non-hydrogen) atoms. The van der Waals surface area contributed by atoms with E-state index in [-0.39, 0.29) is 0 Å². The van der Waals surface area contributed by atoms with Gasteiger partial charge in [-0.15, -0.1) is 11.3 Å². The fourth-order valence-electron chi connectivity index (χ4n) is 2.99. The van der Waals surface area contributed by atoms with Crippen molar-refractivity contribution in [2.24, 2.45) is 0 Å². The second-order valence-electron chi connectivity index (χ2n) is 5.32. The van der Waals surface area contributed by atoms with Crippen molar-refractivity contribution in [2.75, 3.05) is 5.32 Å². The molecule has 4 nitrogen and oxygen atoms in total. The van der Waals surface area contributed by atoms with Crippen LogP contribution in [0.5, 0.6) is 0 Å². The summed E-state index contributed by atoms with van der Waals surface area (Å²) in [7, 11) is 0. The lowest BCUT2D eigenvalue weighted by atomic mass is 9.91. The van der Waals surface area contributed by atoms with E-state index in [2.05, 4.69) is 32.4 Å². The van der Waals surface area contributed by atoms with Crippen LogP contribution in [0, 0.1) is 0 Å². The zero-order valence-corrected chi connectivity index (χ0v) is 12.5. The number of pyridine rings is 1. The van der Waals surface area contributed by atoms with Crippen LogP contribution in [0.15, 0.2) is 30.0 Å². The van der Waals surface area contributed by atoms with Gasteiger partial charge >= 0.3 is 0 Å². The Hall–Kier alpha value is -2.01. The predicted molar refractivity (Wildman–Crippen MR) is 85.6 cm³/mol. The lowest BCUT2D eigenvalue weighted by molar-refractivity contribution is 0.673. The highest BCUT2D eigenvalue weighted by Crippen LogP contribution is 2.26. The lowest BCUT2D eigenvalue weighted by Gasteiger charge is -2.18. The first-order valence-corrected chi connectivity index (χ1v) is 8.17. The number of hydrogen-bond acceptors (Lipinski definition) is 5. The molecule has 3 aromatic rings. The minimum atomic E-state index is 0.727. The Labute approximate surface area is 127 Å². The number of rotatable bonds is 3. The van der Waals surface area contributed by atoms with E-state index in [0.29, 0.717) is 0 Å². The Morgan fingerprint density at radius 2 is 2.05 bits per heavy atom. The molecule has 0 bridgehead atoms. The van der Waals surface area contributed by atoms with Crippen LogP contribution in [0.1, 0.15) is 29.7 Å². The second-order valence-corrected chi connectivity index (χ2v) is 6.21. The van der Waals surface area contributed by atoms with Gasteiger partial charge in [-0.25, -0.2) is 9.97 Å². The van der Waals surface area contributed by atoms with Gasteiger partial charge in [0.15, 0.2) is 0 Å². The molecule has 5 heteroatoms. The van der Waals surface area contributed by atoms with E-state index in [1.54, 1.807) is 17.7 Å². The molecule has 0 aliphatic heterocycles. The number of hydrogen-bond donors (Lipinski definition) is 1. The normalized spacial score (nSPS) is 14.1. The van der Waals surface area contributed by atoms with Crippen molar-refractivity contribution in [1.82, 2.24) is 15.0 Å². The number of fused-ring (bicyclic) bond motifs is 2. The van der Waals surface area contributed by atoms with Gasteiger partial charge in [0, 0.05) is 6.20 Å². The number of anilines is 1. The average Bonchev–Trinajstić information content (AvgIpc) is 3.02. The summed E-state index contributed by atoms with van der Waals surface area (Å²) in [4.78, 5) is 14.2. The molecule has 1 aliphatic rings. The highest BCUT2D eigenvalue weighted by molar-refractivity contribution is 7.16. The maximum atomic E-state index is 4.57. The maximum absolute atomic E-state index is 4.57. The van der Waals surface area contributed by atoms with Crippen LogP contribution < -0.4 is 5.32 Å². The molecular formula is C16H16N4S. The third-order valence-corrected chi connectivity index (χ3v) is 4.87. The Bertz CT molecular complexity index is 781. The lowest BCUT2D eigenvalue weighted by Crippen LogP contribution is -2.12. The highest BCUT2D eigenvalue weighted by Gasteiger charge is 2.14. The Balaban J connectivity index is 1.61. The smallest absolute Gasteiger partial charge is 0.138 e. The van der Waals surface area contributed by atoms with Gasteiger partial charge in [0.05, 0.1) is 17.6 Å². The van der Waals surface area contributed by atoms with Crippen LogP contribution in [-0.4, -0.2) is 15.0 Å². The molecule has 0 atom stereocenters. The van der Waals surface area contributed by atoms with Crippen molar-refractivity contribution in [2.45, 2.75) is 32.2 Å². The molecule has 0 amide bonds. The SMILES string of the molecule is c1cc2c(c(CNc3ncnc4sccc34)n1)CCCC2. The molecule has 0 fully saturated rings. The molecule has 106 valence electrons. The highest BCUT2D eigenvalue weighted by atomic mass is 32.1. The van der Waals surface area contributed by atoms with Crippen molar-refractivity contribution < 1.29 is 0 Å². The largest absolute Gasteiger partial charge is 0.364 e. The van der Waals surface area contributed by atoms with Gasteiger partial charge in [0.2, 0.25) is 0 Å². The van der Waals surface area contributed by atoms with Crippen LogP contribution >= 0.6 is 11.3 Å². The van der Waals surface area contributed by atoms with Crippen LogP contribution in [0.25, 0.3) is 10.2 Å². The molecule has 0 radical (unpaired) electrons. The molecule has 0 aromatic carbocycles. The maximum Gasteiger partial charge on any atom is 0.138 e. The topological polar surface area (TPSA) is 50.7 Å². The average molecular weight is 296 g/mol. The van der Waals surface area contributed by atoms with E-state index in [0.717, 1.165) is 34.7 Å². The van der Waals surface area contributed by atoms with Crippen LogP contribution in [0.3, 0.4) is 0 Å². The molecule has 0 saturated heterocycles. The molecule has 3 aromatic heterocycles. The van der Waals surface area contributed by atoms with E-state index in [4.69, 9.17) is 0 Å². The van der Waals surface area contributed by atoms with E-state index >= 15 is 0 Å². The van der Waals surface area contributed by atoms with Crippen molar-refractivity contribution in [1.29, 1.82) is 0 Å². The van der Waals surface area contributed by atoms with Gasteiger partial charge in [0.1, 0.15) is 17.0 Å². The number of nitrogens with zero attached hydrogens (tertiary/aromatic N) is 3. The standard InChI is InChI=1S/C16H16N4S/c1-2-4-12-11(3-1)5-7-17-14(12)9-18-15-13-6-8-21-16(13)20-10-19-15/h5-8,10H,1-4,9H2,(H,18,19,20). The zero-order valence-electron chi connectivity index (χ0n) is 11.7. The van der Waals surface area contributed by atoms with Crippen LogP contribution in [0.2, 0.25) is 0 Å². The van der Waals surface area contributed by atoms with Crippen LogP contribution in [-0.2, 0) is 19.4 Å². The number of aromatic nitrogens is 3. The number of thiophene rings is 1. The first-order chi connectivity index (χ1) is 10.4. The van der Waals surface area contributed by atoms with Gasteiger partial charge in [-0.05, 0) is 54.3 Å². The Kier molecular flexibility index (Phi) is 3.27. The third-order valence-electron chi connectivity index (χ3n) is 4.05. The summed E-state index contributed by atoms with van der Waals surface area (Å²) >= 11 is 1.64. The summed E-state index contributed by atoms with van der Waals surface area (Å²) < 4.78 is 0. The monoisotopic (exact) mass is 296 g/mol. The molecule has 0 spiro atoms. The number of aryl methyl sites for hydroxylation is 1. The fourth-order valence-corrected chi connectivity index (χ4v) is 3.72. The third kappa shape index (κ3) is 2.38. The van der Waals surface area contributed by atoms with Gasteiger partial charge in [-0.3, -0.25) is 4.98 Å². The molecule has 1 N–H and O–H groups in total. The van der Waals surface area contributed by atoms with E-state index in [9.17, 15) is 0 Å². The minimum absolute atomic E-state index is 0.727. The molecule has 1 aliphatic carbocycles. The van der Waals surface area contributed by atoms with Gasteiger partial charge in [0.25, 0.3) is 0 Å². The molecule has 0 saturated carbocycles. The van der Waals surface area contributed by atoms with Gasteiger partial charge < -0.3 is 5.32 Å². The predicted octanol–water partition coefficient (Wildman–Crippen LogP) is 3.58. The quantitative estimate of drug-likeness (QED) is 0.802. The minimum Gasteiger partial charge on any atom is -0.364 e.